The number of esters is 3. The molecule has 0 aliphatic rings. The first-order chi connectivity index (χ1) is 28.3. The second-order valence-electron chi connectivity index (χ2n) is 18.5. The summed E-state index contributed by atoms with van der Waals surface area (Å²) in [5, 5.41) is 0. The summed E-state index contributed by atoms with van der Waals surface area (Å²) in [6.07, 6.45) is 45.1. The summed E-state index contributed by atoms with van der Waals surface area (Å²) in [5.41, 5.74) is 0. The van der Waals surface area contributed by atoms with E-state index in [1.165, 1.54) is 173 Å². The van der Waals surface area contributed by atoms with Gasteiger partial charge in [0.1, 0.15) is 13.2 Å². The summed E-state index contributed by atoms with van der Waals surface area (Å²) in [6, 6.07) is 0. The number of unbranched alkanes of at least 4 members (excludes halogenated alkanes) is 30. The van der Waals surface area contributed by atoms with E-state index in [9.17, 15) is 14.4 Å². The first kappa shape index (κ1) is 56.4. The smallest absolute Gasteiger partial charge is 0.306 e. The zero-order chi connectivity index (χ0) is 42.6. The minimum Gasteiger partial charge on any atom is -0.462 e. The van der Waals surface area contributed by atoms with Crippen LogP contribution < -0.4 is 0 Å². The minimum atomic E-state index is -0.761. The zero-order valence-corrected chi connectivity index (χ0v) is 39.7. The van der Waals surface area contributed by atoms with Crippen LogP contribution in [0.3, 0.4) is 0 Å². The molecule has 0 aliphatic heterocycles. The van der Waals surface area contributed by atoms with Crippen LogP contribution in [-0.4, -0.2) is 37.2 Å². The molecule has 6 nitrogen and oxygen atoms in total. The molecule has 0 rings (SSSR count). The Hall–Kier alpha value is -1.59. The molecule has 0 aromatic rings. The van der Waals surface area contributed by atoms with Gasteiger partial charge in [-0.3, -0.25) is 14.4 Å². The number of ether oxygens (including phenoxy) is 3. The van der Waals surface area contributed by atoms with E-state index in [0.29, 0.717) is 19.3 Å². The Labute approximate surface area is 361 Å². The van der Waals surface area contributed by atoms with Gasteiger partial charge < -0.3 is 14.2 Å². The highest BCUT2D eigenvalue weighted by Crippen LogP contribution is 2.18. The van der Waals surface area contributed by atoms with Crippen molar-refractivity contribution in [1.29, 1.82) is 0 Å². The molecule has 0 bridgehead atoms. The lowest BCUT2D eigenvalue weighted by Gasteiger charge is -2.18. The Balaban J connectivity index is 4.30. The number of hydrogen-bond donors (Lipinski definition) is 0. The van der Waals surface area contributed by atoms with E-state index < -0.39 is 6.10 Å². The zero-order valence-electron chi connectivity index (χ0n) is 39.7. The maximum absolute atomic E-state index is 12.7. The summed E-state index contributed by atoms with van der Waals surface area (Å²) in [7, 11) is 0. The molecule has 0 aromatic carbocycles. The molecule has 1 unspecified atom stereocenters. The van der Waals surface area contributed by atoms with E-state index in [-0.39, 0.29) is 31.1 Å². The van der Waals surface area contributed by atoms with Crippen LogP contribution in [0.25, 0.3) is 0 Å². The van der Waals surface area contributed by atoms with Crippen molar-refractivity contribution in [2.75, 3.05) is 13.2 Å². The molecule has 0 saturated heterocycles. The average molecular weight is 821 g/mol. The molecule has 0 aliphatic carbocycles. The van der Waals surface area contributed by atoms with Crippen LogP contribution in [0.15, 0.2) is 0 Å². The number of carbonyl (C=O) groups is 3. The van der Waals surface area contributed by atoms with Gasteiger partial charge in [-0.25, -0.2) is 0 Å². The molecule has 344 valence electrons. The summed E-state index contributed by atoms with van der Waals surface area (Å²) in [5.74, 6) is 0.855. The van der Waals surface area contributed by atoms with E-state index >= 15 is 0 Å². The van der Waals surface area contributed by atoms with E-state index in [1.807, 2.05) is 0 Å². The van der Waals surface area contributed by atoms with Crippen molar-refractivity contribution in [2.24, 2.45) is 11.8 Å². The number of carbonyl (C=O) groups excluding carboxylic acids is 3. The Bertz CT molecular complexity index is 887. The summed E-state index contributed by atoms with van der Waals surface area (Å²) < 4.78 is 16.8. The van der Waals surface area contributed by atoms with Gasteiger partial charge in [-0.2, -0.15) is 0 Å². The van der Waals surface area contributed by atoms with Crippen LogP contribution in [0, 0.1) is 11.8 Å². The van der Waals surface area contributed by atoms with Gasteiger partial charge in [-0.1, -0.05) is 247 Å². The second kappa shape index (κ2) is 44.9. The molecule has 0 saturated carbocycles. The van der Waals surface area contributed by atoms with Gasteiger partial charge >= 0.3 is 17.9 Å². The van der Waals surface area contributed by atoms with E-state index in [2.05, 4.69) is 34.6 Å². The summed E-state index contributed by atoms with van der Waals surface area (Å²) >= 11 is 0. The Morgan fingerprint density at radius 1 is 0.362 bits per heavy atom. The molecule has 58 heavy (non-hydrogen) atoms. The highest BCUT2D eigenvalue weighted by molar-refractivity contribution is 5.71. The molecule has 0 radical (unpaired) electrons. The SMILES string of the molecule is CCCCCCCCCCCCCC(=O)O[C@@H](COC(=O)CCCCCCCCCCCCCCC(C)C)COC(=O)CCCCCCCCCCCCC(C)CC. The predicted octanol–water partition coefficient (Wildman–Crippen LogP) is 16.5. The van der Waals surface area contributed by atoms with E-state index in [1.54, 1.807) is 0 Å². The molecule has 0 spiro atoms. The maximum Gasteiger partial charge on any atom is 0.306 e. The van der Waals surface area contributed by atoms with Crippen molar-refractivity contribution in [3.8, 4) is 0 Å². The fraction of sp³-hybridized carbons (Fsp3) is 0.942. The number of rotatable bonds is 46. The standard InChI is InChI=1S/C52H100O6/c1-6-8-9-10-11-12-15-24-29-34-39-44-52(55)58-49(46-57-51(54)43-38-33-28-23-19-18-21-26-31-36-41-48(5)7-2)45-56-50(53)42-37-32-27-22-17-14-13-16-20-25-30-35-40-47(3)4/h47-49H,6-46H2,1-5H3/t48?,49-/m0/s1. The molecule has 2 atom stereocenters. The van der Waals surface area contributed by atoms with Crippen LogP contribution >= 0.6 is 0 Å². The molecule has 0 amide bonds. The summed E-state index contributed by atoms with van der Waals surface area (Å²) in [6.45, 7) is 11.4. The van der Waals surface area contributed by atoms with Crippen LogP contribution in [0.2, 0.25) is 0 Å². The molecule has 6 heteroatoms. The van der Waals surface area contributed by atoms with Crippen LogP contribution in [0.1, 0.15) is 285 Å². The van der Waals surface area contributed by atoms with E-state index in [4.69, 9.17) is 14.2 Å². The monoisotopic (exact) mass is 821 g/mol. The lowest BCUT2D eigenvalue weighted by molar-refractivity contribution is -0.167. The van der Waals surface area contributed by atoms with Crippen molar-refractivity contribution in [1.82, 2.24) is 0 Å². The molecular weight excluding hydrogens is 721 g/mol. The highest BCUT2D eigenvalue weighted by Gasteiger charge is 2.19. The van der Waals surface area contributed by atoms with Gasteiger partial charge in [-0.05, 0) is 31.1 Å². The van der Waals surface area contributed by atoms with Gasteiger partial charge in [0, 0.05) is 19.3 Å². The molecule has 0 N–H and O–H groups in total. The molecule has 0 aromatic heterocycles. The Morgan fingerprint density at radius 2 is 0.655 bits per heavy atom. The van der Waals surface area contributed by atoms with Gasteiger partial charge in [0.25, 0.3) is 0 Å². The molecule has 0 heterocycles. The predicted molar refractivity (Wildman–Crippen MR) is 247 cm³/mol. The fourth-order valence-corrected chi connectivity index (χ4v) is 7.78. The van der Waals surface area contributed by atoms with E-state index in [0.717, 1.165) is 69.6 Å². The normalized spacial score (nSPS) is 12.5. The number of hydrogen-bond acceptors (Lipinski definition) is 6. The van der Waals surface area contributed by atoms with Gasteiger partial charge in [0.15, 0.2) is 6.10 Å². The van der Waals surface area contributed by atoms with Crippen LogP contribution in [0.5, 0.6) is 0 Å². The Morgan fingerprint density at radius 3 is 0.983 bits per heavy atom. The van der Waals surface area contributed by atoms with Crippen LogP contribution in [0.4, 0.5) is 0 Å². The minimum absolute atomic E-state index is 0.0638. The summed E-state index contributed by atoms with van der Waals surface area (Å²) in [4.78, 5) is 37.9. The van der Waals surface area contributed by atoms with Gasteiger partial charge in [-0.15, -0.1) is 0 Å². The first-order valence-corrected chi connectivity index (χ1v) is 25.8. The first-order valence-electron chi connectivity index (χ1n) is 25.8. The van der Waals surface area contributed by atoms with Gasteiger partial charge in [0.05, 0.1) is 0 Å². The lowest BCUT2D eigenvalue weighted by Crippen LogP contribution is -2.30. The third-order valence-electron chi connectivity index (χ3n) is 12.1. The van der Waals surface area contributed by atoms with Crippen molar-refractivity contribution in [2.45, 2.75) is 291 Å². The highest BCUT2D eigenvalue weighted by atomic mass is 16.6. The third-order valence-corrected chi connectivity index (χ3v) is 12.1. The molecule has 0 fully saturated rings. The quantitative estimate of drug-likeness (QED) is 0.0346. The second-order valence-corrected chi connectivity index (χ2v) is 18.5. The van der Waals surface area contributed by atoms with Gasteiger partial charge in [0.2, 0.25) is 0 Å². The topological polar surface area (TPSA) is 78.9 Å². The molecular formula is C52H100O6. The maximum atomic E-state index is 12.7. The Kier molecular flexibility index (Phi) is 43.7. The van der Waals surface area contributed by atoms with Crippen LogP contribution in [-0.2, 0) is 28.6 Å². The largest absolute Gasteiger partial charge is 0.462 e. The lowest BCUT2D eigenvalue weighted by atomic mass is 9.99. The van der Waals surface area contributed by atoms with Crippen molar-refractivity contribution < 1.29 is 28.6 Å². The van der Waals surface area contributed by atoms with Crippen molar-refractivity contribution in [3.05, 3.63) is 0 Å². The average Bonchev–Trinajstić information content (AvgIpc) is 3.21. The third kappa shape index (κ3) is 44.0. The van der Waals surface area contributed by atoms with Crippen molar-refractivity contribution >= 4 is 17.9 Å². The van der Waals surface area contributed by atoms with Crippen molar-refractivity contribution in [3.63, 3.8) is 0 Å². The fourth-order valence-electron chi connectivity index (χ4n) is 7.78.